The monoisotopic (exact) mass is 335 g/mol. The van der Waals surface area contributed by atoms with Gasteiger partial charge in [0, 0.05) is 52.9 Å². The molecule has 0 unspecified atom stereocenters. The van der Waals surface area contributed by atoms with Crippen molar-refractivity contribution < 1.29 is 19.1 Å². The van der Waals surface area contributed by atoms with Crippen molar-refractivity contribution in [2.24, 2.45) is 0 Å². The average Bonchev–Trinajstić information content (AvgIpc) is 2.61. The quantitative estimate of drug-likeness (QED) is 0.758. The number of carbonyl (C=O) groups is 2. The highest BCUT2D eigenvalue weighted by atomic mass is 16.5. The molecule has 0 aromatic heterocycles. The molecule has 1 heterocycles. The zero-order chi connectivity index (χ0) is 17.5. The third-order valence-corrected chi connectivity index (χ3v) is 3.86. The fraction of sp³-hybridized carbons (Fsp3) is 0.529. The molecule has 0 saturated carbocycles. The number of benzene rings is 1. The van der Waals surface area contributed by atoms with E-state index in [-0.39, 0.29) is 11.9 Å². The van der Waals surface area contributed by atoms with Crippen LogP contribution in [0.4, 0.5) is 4.79 Å². The Labute approximate surface area is 142 Å². The summed E-state index contributed by atoms with van der Waals surface area (Å²) in [6, 6.07) is 7.13. The summed E-state index contributed by atoms with van der Waals surface area (Å²) in [5, 5.41) is 0. The molecule has 132 valence electrons. The van der Waals surface area contributed by atoms with Crippen molar-refractivity contribution in [2.45, 2.75) is 0 Å². The van der Waals surface area contributed by atoms with Crippen molar-refractivity contribution in [3.8, 4) is 5.75 Å². The van der Waals surface area contributed by atoms with E-state index in [1.807, 2.05) is 6.07 Å². The van der Waals surface area contributed by atoms with Crippen LogP contribution in [0, 0.1) is 0 Å². The van der Waals surface area contributed by atoms with Crippen molar-refractivity contribution in [2.75, 3.05) is 60.6 Å². The van der Waals surface area contributed by atoms with E-state index >= 15 is 0 Å². The molecule has 7 heteroatoms. The van der Waals surface area contributed by atoms with Crippen LogP contribution >= 0.6 is 0 Å². The summed E-state index contributed by atoms with van der Waals surface area (Å²) in [6.45, 7) is 3.11. The largest absolute Gasteiger partial charge is 0.491 e. The predicted octanol–water partition coefficient (Wildman–Crippen LogP) is 1.15. The van der Waals surface area contributed by atoms with Gasteiger partial charge >= 0.3 is 6.03 Å². The minimum Gasteiger partial charge on any atom is -0.491 e. The molecule has 7 nitrogen and oxygen atoms in total. The van der Waals surface area contributed by atoms with Gasteiger partial charge in [-0.15, -0.1) is 0 Å². The minimum absolute atomic E-state index is 0.0179. The van der Waals surface area contributed by atoms with Gasteiger partial charge in [0.05, 0.1) is 6.61 Å². The second-order valence-corrected chi connectivity index (χ2v) is 5.83. The fourth-order valence-electron chi connectivity index (χ4n) is 2.53. The van der Waals surface area contributed by atoms with Gasteiger partial charge in [-0.2, -0.15) is 0 Å². The van der Waals surface area contributed by atoms with Crippen molar-refractivity contribution in [1.29, 1.82) is 0 Å². The van der Waals surface area contributed by atoms with Crippen LogP contribution in [0.2, 0.25) is 0 Å². The van der Waals surface area contributed by atoms with Crippen LogP contribution in [0.25, 0.3) is 0 Å². The summed E-state index contributed by atoms with van der Waals surface area (Å²) in [4.78, 5) is 29.6. The Kier molecular flexibility index (Phi) is 6.43. The van der Waals surface area contributed by atoms with E-state index in [0.29, 0.717) is 50.7 Å². The SMILES string of the molecule is COCCOc1cccc(C(=O)N2CCN(C(=O)N(C)C)CC2)c1. The summed E-state index contributed by atoms with van der Waals surface area (Å²) >= 11 is 0. The lowest BCUT2D eigenvalue weighted by atomic mass is 10.1. The maximum atomic E-state index is 12.6. The van der Waals surface area contributed by atoms with E-state index in [9.17, 15) is 9.59 Å². The number of rotatable bonds is 5. The van der Waals surface area contributed by atoms with Gasteiger partial charge in [-0.3, -0.25) is 4.79 Å². The number of ether oxygens (including phenoxy) is 2. The molecule has 1 aliphatic rings. The lowest BCUT2D eigenvalue weighted by molar-refractivity contribution is 0.0649. The van der Waals surface area contributed by atoms with Crippen molar-refractivity contribution in [3.05, 3.63) is 29.8 Å². The van der Waals surface area contributed by atoms with E-state index in [2.05, 4.69) is 0 Å². The molecule has 0 N–H and O–H groups in total. The summed E-state index contributed by atoms with van der Waals surface area (Å²) in [7, 11) is 5.08. The van der Waals surface area contributed by atoms with Crippen LogP contribution in [-0.2, 0) is 4.74 Å². The predicted molar refractivity (Wildman–Crippen MR) is 90.4 cm³/mol. The highest BCUT2D eigenvalue weighted by Crippen LogP contribution is 2.16. The van der Waals surface area contributed by atoms with Crippen LogP contribution in [0.1, 0.15) is 10.4 Å². The van der Waals surface area contributed by atoms with Gasteiger partial charge in [0.25, 0.3) is 5.91 Å². The van der Waals surface area contributed by atoms with Crippen LogP contribution < -0.4 is 4.74 Å². The molecule has 1 aliphatic heterocycles. The van der Waals surface area contributed by atoms with Gasteiger partial charge in [0.15, 0.2) is 0 Å². The smallest absolute Gasteiger partial charge is 0.319 e. The van der Waals surface area contributed by atoms with Gasteiger partial charge in [0.2, 0.25) is 0 Å². The van der Waals surface area contributed by atoms with Crippen LogP contribution in [-0.4, -0.2) is 87.2 Å². The van der Waals surface area contributed by atoms with Gasteiger partial charge in [-0.1, -0.05) is 6.07 Å². The molecule has 0 atom stereocenters. The Balaban J connectivity index is 1.93. The number of carbonyl (C=O) groups excluding carboxylic acids is 2. The molecular formula is C17H25N3O4. The van der Waals surface area contributed by atoms with Crippen molar-refractivity contribution >= 4 is 11.9 Å². The number of piperazine rings is 1. The van der Waals surface area contributed by atoms with Crippen LogP contribution in [0.3, 0.4) is 0 Å². The third-order valence-electron chi connectivity index (χ3n) is 3.86. The Hall–Kier alpha value is -2.28. The molecule has 0 radical (unpaired) electrons. The second kappa shape index (κ2) is 8.54. The number of hydrogen-bond acceptors (Lipinski definition) is 4. The van der Waals surface area contributed by atoms with Crippen molar-refractivity contribution in [1.82, 2.24) is 14.7 Å². The molecule has 0 bridgehead atoms. The lowest BCUT2D eigenvalue weighted by Crippen LogP contribution is -2.52. The number of nitrogens with zero attached hydrogens (tertiary/aromatic N) is 3. The van der Waals surface area contributed by atoms with E-state index in [1.165, 1.54) is 0 Å². The summed E-state index contributed by atoms with van der Waals surface area (Å²) < 4.78 is 10.5. The highest BCUT2D eigenvalue weighted by Gasteiger charge is 2.25. The maximum Gasteiger partial charge on any atom is 0.319 e. The first-order chi connectivity index (χ1) is 11.5. The van der Waals surface area contributed by atoms with Gasteiger partial charge in [0.1, 0.15) is 12.4 Å². The summed E-state index contributed by atoms with van der Waals surface area (Å²) in [6.07, 6.45) is 0. The first kappa shape index (κ1) is 18.1. The number of methoxy groups -OCH3 is 1. The summed E-state index contributed by atoms with van der Waals surface area (Å²) in [5.74, 6) is 0.614. The topological polar surface area (TPSA) is 62.3 Å². The van der Waals surface area contributed by atoms with E-state index in [0.717, 1.165) is 0 Å². The molecule has 2 rings (SSSR count). The van der Waals surface area contributed by atoms with E-state index in [1.54, 1.807) is 54.1 Å². The molecule has 3 amide bonds. The Morgan fingerprint density at radius 1 is 1.08 bits per heavy atom. The Morgan fingerprint density at radius 2 is 1.75 bits per heavy atom. The maximum absolute atomic E-state index is 12.6. The zero-order valence-corrected chi connectivity index (χ0v) is 14.5. The first-order valence-electron chi connectivity index (χ1n) is 8.00. The molecular weight excluding hydrogens is 310 g/mol. The average molecular weight is 335 g/mol. The normalized spacial score (nSPS) is 14.5. The summed E-state index contributed by atoms with van der Waals surface area (Å²) in [5.41, 5.74) is 0.595. The molecule has 1 aromatic carbocycles. The first-order valence-corrected chi connectivity index (χ1v) is 8.00. The van der Waals surface area contributed by atoms with Gasteiger partial charge in [-0.05, 0) is 18.2 Å². The van der Waals surface area contributed by atoms with Crippen LogP contribution in [0.15, 0.2) is 24.3 Å². The number of amides is 3. The molecule has 0 aliphatic carbocycles. The number of urea groups is 1. The van der Waals surface area contributed by atoms with E-state index in [4.69, 9.17) is 9.47 Å². The second-order valence-electron chi connectivity index (χ2n) is 5.83. The van der Waals surface area contributed by atoms with Crippen molar-refractivity contribution in [3.63, 3.8) is 0 Å². The molecule has 1 aromatic rings. The lowest BCUT2D eigenvalue weighted by Gasteiger charge is -2.36. The van der Waals surface area contributed by atoms with Crippen LogP contribution in [0.5, 0.6) is 5.75 Å². The molecule has 24 heavy (non-hydrogen) atoms. The molecule has 0 spiro atoms. The standard InChI is InChI=1S/C17H25N3O4/c1-18(2)17(22)20-9-7-19(8-10-20)16(21)14-5-4-6-15(13-14)24-12-11-23-3/h4-6,13H,7-12H2,1-3H3. The number of hydrogen-bond donors (Lipinski definition) is 0. The van der Waals surface area contributed by atoms with E-state index < -0.39 is 0 Å². The highest BCUT2D eigenvalue weighted by molar-refractivity contribution is 5.94. The Morgan fingerprint density at radius 3 is 2.38 bits per heavy atom. The zero-order valence-electron chi connectivity index (χ0n) is 14.5. The molecule has 1 saturated heterocycles. The van der Waals surface area contributed by atoms with Gasteiger partial charge in [-0.25, -0.2) is 4.79 Å². The third kappa shape index (κ3) is 4.61. The molecule has 1 fully saturated rings. The minimum atomic E-state index is -0.0378. The fourth-order valence-corrected chi connectivity index (χ4v) is 2.53. The van der Waals surface area contributed by atoms with Gasteiger partial charge < -0.3 is 24.2 Å². The Bertz CT molecular complexity index is 569.